The van der Waals surface area contributed by atoms with Crippen LogP contribution < -0.4 is 0 Å². The molecule has 162 valence electrons. The smallest absolute Gasteiger partial charge is 0.224 e. The van der Waals surface area contributed by atoms with E-state index in [0.717, 1.165) is 34.9 Å². The summed E-state index contributed by atoms with van der Waals surface area (Å²) in [6.45, 7) is 2.15. The van der Waals surface area contributed by atoms with Gasteiger partial charge in [0, 0.05) is 12.8 Å². The summed E-state index contributed by atoms with van der Waals surface area (Å²) in [7, 11) is -7.81. The first-order valence-electron chi connectivity index (χ1n) is 10.1. The second-order valence-corrected chi connectivity index (χ2v) is 11.9. The summed E-state index contributed by atoms with van der Waals surface area (Å²) < 4.78 is 54.0. The molecular weight excluding hydrogens is 430 g/mol. The van der Waals surface area contributed by atoms with Crippen molar-refractivity contribution in [2.24, 2.45) is 0 Å². The van der Waals surface area contributed by atoms with Crippen LogP contribution in [0.25, 0.3) is 0 Å². The number of sulfonamides is 1. The van der Waals surface area contributed by atoms with Crippen LogP contribution in [-0.4, -0.2) is 27.4 Å². The van der Waals surface area contributed by atoms with Gasteiger partial charge < -0.3 is 0 Å². The molecule has 0 bridgehead atoms. The van der Waals surface area contributed by atoms with Gasteiger partial charge in [0.2, 0.25) is 10.0 Å². The van der Waals surface area contributed by atoms with Crippen molar-refractivity contribution in [1.29, 1.82) is 0 Å². The van der Waals surface area contributed by atoms with Gasteiger partial charge in [-0.05, 0) is 48.6 Å². The molecule has 1 aliphatic rings. The van der Waals surface area contributed by atoms with E-state index >= 15 is 0 Å². The lowest BCUT2D eigenvalue weighted by atomic mass is 10.1. The molecule has 1 unspecified atom stereocenters. The molecule has 0 heterocycles. The van der Waals surface area contributed by atoms with Gasteiger partial charge in [-0.25, -0.2) is 16.8 Å². The van der Waals surface area contributed by atoms with Crippen LogP contribution in [0.5, 0.6) is 0 Å². The van der Waals surface area contributed by atoms with E-state index < -0.39 is 19.9 Å². The topological polar surface area (TPSA) is 71.5 Å². The van der Waals surface area contributed by atoms with Gasteiger partial charge in [0.05, 0.1) is 10.9 Å². The van der Waals surface area contributed by atoms with Crippen LogP contribution in [0.2, 0.25) is 0 Å². The van der Waals surface area contributed by atoms with Crippen molar-refractivity contribution in [3.05, 3.63) is 95.1 Å². The van der Waals surface area contributed by atoms with Crippen LogP contribution >= 0.6 is 0 Å². The van der Waals surface area contributed by atoms with Crippen LogP contribution in [0.4, 0.5) is 0 Å². The first-order valence-corrected chi connectivity index (χ1v) is 13.5. The molecule has 0 N–H and O–H groups in total. The third kappa shape index (κ3) is 4.31. The Hall–Kier alpha value is -2.48. The highest BCUT2D eigenvalue weighted by Gasteiger charge is 2.38. The van der Waals surface area contributed by atoms with Crippen molar-refractivity contribution >= 4 is 19.9 Å². The van der Waals surface area contributed by atoms with Crippen LogP contribution in [0.15, 0.2) is 82.6 Å². The van der Waals surface area contributed by atoms with E-state index in [0.29, 0.717) is 6.42 Å². The first kappa shape index (κ1) is 21.7. The second-order valence-electron chi connectivity index (χ2n) is 8.01. The summed E-state index contributed by atoms with van der Waals surface area (Å²) in [5.41, 5.74) is 4.06. The summed E-state index contributed by atoms with van der Waals surface area (Å²) in [5.74, 6) is 0. The van der Waals surface area contributed by atoms with E-state index in [2.05, 4.69) is 0 Å². The minimum Gasteiger partial charge on any atom is -0.224 e. The van der Waals surface area contributed by atoms with Crippen LogP contribution in [0.1, 0.15) is 34.7 Å². The van der Waals surface area contributed by atoms with Crippen LogP contribution in [-0.2, 0) is 32.8 Å². The van der Waals surface area contributed by atoms with E-state index in [1.54, 1.807) is 12.1 Å². The maximum absolute atomic E-state index is 13.9. The van der Waals surface area contributed by atoms with Gasteiger partial charge in [0.1, 0.15) is 4.90 Å². The maximum Gasteiger partial charge on any atom is 0.245 e. The number of hydrogen-bond donors (Lipinski definition) is 0. The fourth-order valence-electron chi connectivity index (χ4n) is 4.17. The summed E-state index contributed by atoms with van der Waals surface area (Å²) in [4.78, 5) is -0.343. The molecule has 3 aromatic carbocycles. The molecule has 0 radical (unpaired) electrons. The van der Waals surface area contributed by atoms with E-state index in [1.807, 2.05) is 55.5 Å². The molecule has 1 atom stereocenters. The zero-order valence-electron chi connectivity index (χ0n) is 17.5. The average molecular weight is 456 g/mol. The Kier molecular flexibility index (Phi) is 5.77. The molecule has 0 amide bonds. The lowest BCUT2D eigenvalue weighted by molar-refractivity contribution is 0.315. The van der Waals surface area contributed by atoms with Crippen molar-refractivity contribution in [3.8, 4) is 0 Å². The van der Waals surface area contributed by atoms with Crippen molar-refractivity contribution in [1.82, 2.24) is 4.31 Å². The molecule has 0 aliphatic heterocycles. The number of benzene rings is 3. The van der Waals surface area contributed by atoms with Crippen LogP contribution in [0, 0.1) is 6.92 Å². The standard InChI is InChI=1S/C24H25NO4S2/c1-18-11-13-19(14-12-18)17-25(22-16-15-20-7-3-4-8-21(20)22)31(28,29)24-10-6-5-9-23(24)30(2,26)27/h3-14,22H,15-17H2,1-2H3. The normalized spacial score (nSPS) is 16.4. The van der Waals surface area contributed by atoms with E-state index in [9.17, 15) is 16.8 Å². The van der Waals surface area contributed by atoms with Crippen molar-refractivity contribution < 1.29 is 16.8 Å². The third-order valence-electron chi connectivity index (χ3n) is 5.74. The number of nitrogens with zero attached hydrogens (tertiary/aromatic N) is 1. The Morgan fingerprint density at radius 1 is 0.839 bits per heavy atom. The Morgan fingerprint density at radius 2 is 1.45 bits per heavy atom. The zero-order chi connectivity index (χ0) is 22.2. The van der Waals surface area contributed by atoms with E-state index in [-0.39, 0.29) is 22.4 Å². The highest BCUT2D eigenvalue weighted by atomic mass is 32.2. The van der Waals surface area contributed by atoms with Gasteiger partial charge >= 0.3 is 0 Å². The van der Waals surface area contributed by atoms with Gasteiger partial charge in [-0.2, -0.15) is 4.31 Å². The summed E-state index contributed by atoms with van der Waals surface area (Å²) in [6.07, 6.45) is 2.48. The second kappa shape index (κ2) is 8.22. The molecule has 3 aromatic rings. The fourth-order valence-corrected chi connectivity index (χ4v) is 7.39. The molecule has 1 aliphatic carbocycles. The van der Waals surface area contributed by atoms with Gasteiger partial charge in [-0.15, -0.1) is 0 Å². The maximum atomic E-state index is 13.9. The number of aryl methyl sites for hydroxylation is 2. The molecule has 7 heteroatoms. The van der Waals surface area contributed by atoms with Crippen molar-refractivity contribution in [2.45, 2.75) is 42.1 Å². The number of rotatable bonds is 6. The van der Waals surface area contributed by atoms with Crippen molar-refractivity contribution in [3.63, 3.8) is 0 Å². The lowest BCUT2D eigenvalue weighted by Crippen LogP contribution is -2.34. The molecule has 0 saturated heterocycles. The minimum atomic E-state index is -4.10. The number of sulfone groups is 1. The Bertz CT molecular complexity index is 1310. The van der Waals surface area contributed by atoms with Crippen molar-refractivity contribution in [2.75, 3.05) is 6.26 Å². The molecule has 0 spiro atoms. The molecular formula is C24H25NO4S2. The summed E-state index contributed by atoms with van der Waals surface area (Å²) in [5, 5.41) is 0. The zero-order valence-corrected chi connectivity index (χ0v) is 19.2. The lowest BCUT2D eigenvalue weighted by Gasteiger charge is -2.29. The summed E-state index contributed by atoms with van der Waals surface area (Å²) >= 11 is 0. The number of hydrogen-bond acceptors (Lipinski definition) is 4. The van der Waals surface area contributed by atoms with Gasteiger partial charge in [-0.1, -0.05) is 66.2 Å². The third-order valence-corrected chi connectivity index (χ3v) is 8.94. The van der Waals surface area contributed by atoms with Gasteiger partial charge in [-0.3, -0.25) is 0 Å². The fraction of sp³-hybridized carbons (Fsp3) is 0.250. The molecule has 0 aromatic heterocycles. The quantitative estimate of drug-likeness (QED) is 0.556. The number of fused-ring (bicyclic) bond motifs is 1. The first-order chi connectivity index (χ1) is 14.7. The Labute approximate surface area is 184 Å². The predicted molar refractivity (Wildman–Crippen MR) is 121 cm³/mol. The summed E-state index contributed by atoms with van der Waals surface area (Å²) in [6, 6.07) is 21.1. The molecule has 4 rings (SSSR count). The molecule has 5 nitrogen and oxygen atoms in total. The van der Waals surface area contributed by atoms with E-state index in [4.69, 9.17) is 0 Å². The largest absolute Gasteiger partial charge is 0.245 e. The Morgan fingerprint density at radius 3 is 2.13 bits per heavy atom. The minimum absolute atomic E-state index is 0.166. The van der Waals surface area contributed by atoms with Gasteiger partial charge in [0.15, 0.2) is 9.84 Å². The van der Waals surface area contributed by atoms with Gasteiger partial charge in [0.25, 0.3) is 0 Å². The highest BCUT2D eigenvalue weighted by Crippen LogP contribution is 2.40. The molecule has 0 saturated carbocycles. The Balaban J connectivity index is 1.86. The van der Waals surface area contributed by atoms with Crippen LogP contribution in [0.3, 0.4) is 0 Å². The molecule has 0 fully saturated rings. The predicted octanol–water partition coefficient (Wildman–Crippen LogP) is 4.28. The van der Waals surface area contributed by atoms with E-state index in [1.165, 1.54) is 16.4 Å². The highest BCUT2D eigenvalue weighted by molar-refractivity contribution is 7.93. The molecule has 31 heavy (non-hydrogen) atoms. The monoisotopic (exact) mass is 455 g/mol. The SMILES string of the molecule is Cc1ccc(CN(C2CCc3ccccc32)S(=O)(=O)c2ccccc2S(C)(=O)=O)cc1. The average Bonchev–Trinajstić information content (AvgIpc) is 3.16.